The fourth-order valence-electron chi connectivity index (χ4n) is 3.65. The second-order valence-corrected chi connectivity index (χ2v) is 10.8. The highest BCUT2D eigenvalue weighted by Gasteiger charge is 2.26. The van der Waals surface area contributed by atoms with Crippen LogP contribution in [-0.2, 0) is 16.0 Å². The highest BCUT2D eigenvalue weighted by atomic mass is 35.5. The van der Waals surface area contributed by atoms with Crippen LogP contribution in [0.2, 0.25) is 5.02 Å². The molecule has 2 amide bonds. The molecule has 0 spiro atoms. The van der Waals surface area contributed by atoms with Gasteiger partial charge in [0.2, 0.25) is 11.8 Å². The predicted octanol–water partition coefficient (Wildman–Crippen LogP) is 6.05. The first-order valence-electron chi connectivity index (χ1n) is 11.6. The number of fused-ring (bicyclic) bond motifs is 1. The van der Waals surface area contributed by atoms with Gasteiger partial charge in [-0.3, -0.25) is 4.79 Å². The van der Waals surface area contributed by atoms with Crippen molar-refractivity contribution in [3.8, 4) is 0 Å². The molecule has 0 saturated heterocycles. The number of alkyl carbamates (subject to hydrolysis) is 1. The number of amides is 2. The Bertz CT molecular complexity index is 1410. The number of halogens is 1. The summed E-state index contributed by atoms with van der Waals surface area (Å²) in [6.07, 6.45) is 1.69. The first kappa shape index (κ1) is 26.6. The molecule has 4 aromatic rings. The second kappa shape index (κ2) is 11.3. The number of carbonyl (C=O) groups is 2. The zero-order valence-corrected chi connectivity index (χ0v) is 22.5. The lowest BCUT2D eigenvalue weighted by molar-refractivity contribution is -0.113. The molecule has 2 aromatic carbocycles. The number of aromatic amines is 1. The Balaban J connectivity index is 1.46. The molecule has 0 unspecified atom stereocenters. The third-order valence-corrected chi connectivity index (χ3v) is 6.61. The Kier molecular flexibility index (Phi) is 8.09. The molecule has 0 aliphatic carbocycles. The van der Waals surface area contributed by atoms with Crippen molar-refractivity contribution in [1.82, 2.24) is 20.5 Å². The van der Waals surface area contributed by atoms with Crippen LogP contribution in [0.5, 0.6) is 0 Å². The quantitative estimate of drug-likeness (QED) is 0.232. The largest absolute Gasteiger partial charge is 0.444 e. The van der Waals surface area contributed by atoms with E-state index in [0.717, 1.165) is 33.8 Å². The van der Waals surface area contributed by atoms with Gasteiger partial charge in [-0.05, 0) is 57.0 Å². The molecule has 11 heteroatoms. The van der Waals surface area contributed by atoms with Crippen LogP contribution in [0.4, 0.5) is 10.5 Å². The highest BCUT2D eigenvalue weighted by Crippen LogP contribution is 2.27. The third-order valence-electron chi connectivity index (χ3n) is 5.38. The van der Waals surface area contributed by atoms with Crippen molar-refractivity contribution in [2.24, 2.45) is 0 Å². The number of H-pyrrole nitrogens is 1. The number of carbonyl (C=O) groups excluding carboxylic acids is 2. The fraction of sp³-hybridized carbons (Fsp3) is 0.308. The minimum Gasteiger partial charge on any atom is -0.444 e. The van der Waals surface area contributed by atoms with Crippen molar-refractivity contribution >= 4 is 52.0 Å². The standard InChI is InChI=1S/C26H28ClN5O4S/c1-15-18(27)9-7-11-19(15)29-22(33)14-37-25-32-31-23(35-25)21(30-24(34)36-26(2,3)4)12-16-13-28-20-10-6-5-8-17(16)20/h5-11,13,21,28H,12,14H2,1-4H3,(H,29,33)(H,30,34)/t21-/m0/s1. The van der Waals surface area contributed by atoms with Crippen LogP contribution < -0.4 is 10.6 Å². The van der Waals surface area contributed by atoms with E-state index in [9.17, 15) is 9.59 Å². The Labute approximate surface area is 223 Å². The van der Waals surface area contributed by atoms with Crippen molar-refractivity contribution in [1.29, 1.82) is 0 Å². The molecule has 0 radical (unpaired) electrons. The van der Waals surface area contributed by atoms with Gasteiger partial charge in [-0.2, -0.15) is 0 Å². The van der Waals surface area contributed by atoms with Crippen LogP contribution in [0.1, 0.15) is 43.8 Å². The summed E-state index contributed by atoms with van der Waals surface area (Å²) >= 11 is 7.23. The lowest BCUT2D eigenvalue weighted by Crippen LogP contribution is -2.36. The minimum atomic E-state index is -0.667. The minimum absolute atomic E-state index is 0.0557. The summed E-state index contributed by atoms with van der Waals surface area (Å²) in [5, 5.41) is 15.7. The summed E-state index contributed by atoms with van der Waals surface area (Å²) in [4.78, 5) is 28.3. The van der Waals surface area contributed by atoms with Gasteiger partial charge in [0.1, 0.15) is 11.6 Å². The summed E-state index contributed by atoms with van der Waals surface area (Å²) in [6, 6.07) is 12.6. The number of rotatable bonds is 8. The summed E-state index contributed by atoms with van der Waals surface area (Å²) < 4.78 is 11.3. The molecular weight excluding hydrogens is 514 g/mol. The molecule has 3 N–H and O–H groups in total. The number of hydrogen-bond acceptors (Lipinski definition) is 7. The summed E-state index contributed by atoms with van der Waals surface area (Å²) in [5.74, 6) is 0.0299. The molecule has 0 aliphatic heterocycles. The van der Waals surface area contributed by atoms with Gasteiger partial charge in [-0.15, -0.1) is 10.2 Å². The van der Waals surface area contributed by atoms with Crippen LogP contribution in [0.25, 0.3) is 10.9 Å². The van der Waals surface area contributed by atoms with Gasteiger partial charge < -0.3 is 24.8 Å². The number of anilines is 1. The monoisotopic (exact) mass is 541 g/mol. The van der Waals surface area contributed by atoms with Gasteiger partial charge in [-0.25, -0.2) is 4.79 Å². The first-order valence-corrected chi connectivity index (χ1v) is 13.0. The van der Waals surface area contributed by atoms with Gasteiger partial charge >= 0.3 is 6.09 Å². The van der Waals surface area contributed by atoms with E-state index in [0.29, 0.717) is 17.1 Å². The van der Waals surface area contributed by atoms with Crippen molar-refractivity contribution in [3.05, 3.63) is 70.7 Å². The normalized spacial score (nSPS) is 12.4. The van der Waals surface area contributed by atoms with Crippen LogP contribution >= 0.6 is 23.4 Å². The SMILES string of the molecule is Cc1c(Cl)cccc1NC(=O)CSc1nnc([C@H](Cc2c[nH]c3ccccc23)NC(=O)OC(C)(C)C)o1. The zero-order valence-electron chi connectivity index (χ0n) is 20.9. The maximum Gasteiger partial charge on any atom is 0.408 e. The lowest BCUT2D eigenvalue weighted by Gasteiger charge is -2.22. The maximum atomic E-state index is 12.6. The second-order valence-electron chi connectivity index (χ2n) is 9.42. The number of thioether (sulfide) groups is 1. The van der Waals surface area contributed by atoms with Crippen molar-refractivity contribution in [2.45, 2.75) is 51.0 Å². The van der Waals surface area contributed by atoms with Crippen LogP contribution in [-0.4, -0.2) is 38.5 Å². The molecule has 37 heavy (non-hydrogen) atoms. The van der Waals surface area contributed by atoms with Crippen molar-refractivity contribution < 1.29 is 18.7 Å². The number of nitrogens with zero attached hydrogens (tertiary/aromatic N) is 2. The van der Waals surface area contributed by atoms with E-state index in [1.165, 1.54) is 0 Å². The average molecular weight is 542 g/mol. The van der Waals surface area contributed by atoms with E-state index in [-0.39, 0.29) is 22.8 Å². The molecule has 2 heterocycles. The summed E-state index contributed by atoms with van der Waals surface area (Å²) in [5.41, 5.74) is 2.72. The number of benzene rings is 2. The molecular formula is C26H28ClN5O4S. The molecule has 194 valence electrons. The molecule has 0 saturated carbocycles. The van der Waals surface area contributed by atoms with E-state index in [1.807, 2.05) is 37.4 Å². The Morgan fingerprint density at radius 3 is 2.73 bits per heavy atom. The number of hydrogen-bond donors (Lipinski definition) is 3. The van der Waals surface area contributed by atoms with E-state index in [4.69, 9.17) is 20.8 Å². The molecule has 9 nitrogen and oxygen atoms in total. The first-order chi connectivity index (χ1) is 17.6. The van der Waals surface area contributed by atoms with Gasteiger partial charge in [0.05, 0.1) is 5.75 Å². The van der Waals surface area contributed by atoms with Gasteiger partial charge in [0, 0.05) is 34.2 Å². The smallest absolute Gasteiger partial charge is 0.408 e. The van der Waals surface area contributed by atoms with E-state index in [1.54, 1.807) is 39.0 Å². The lowest BCUT2D eigenvalue weighted by atomic mass is 10.1. The number of aromatic nitrogens is 3. The molecule has 4 rings (SSSR count). The predicted molar refractivity (Wildman–Crippen MR) is 144 cm³/mol. The maximum absolute atomic E-state index is 12.6. The van der Waals surface area contributed by atoms with Gasteiger partial charge in [0.15, 0.2) is 0 Å². The number of para-hydroxylation sites is 1. The molecule has 0 fully saturated rings. The van der Waals surface area contributed by atoms with Crippen LogP contribution in [0.3, 0.4) is 0 Å². The zero-order chi connectivity index (χ0) is 26.6. The Morgan fingerprint density at radius 1 is 1.16 bits per heavy atom. The number of nitrogens with one attached hydrogen (secondary N) is 3. The summed E-state index contributed by atoms with van der Waals surface area (Å²) in [7, 11) is 0. The van der Waals surface area contributed by atoms with Crippen molar-refractivity contribution in [2.75, 3.05) is 11.1 Å². The van der Waals surface area contributed by atoms with Crippen LogP contribution in [0, 0.1) is 6.92 Å². The van der Waals surface area contributed by atoms with E-state index >= 15 is 0 Å². The van der Waals surface area contributed by atoms with E-state index in [2.05, 4.69) is 25.8 Å². The molecule has 0 bridgehead atoms. The fourth-order valence-corrected chi connectivity index (χ4v) is 4.39. The topological polar surface area (TPSA) is 122 Å². The Morgan fingerprint density at radius 2 is 1.95 bits per heavy atom. The van der Waals surface area contributed by atoms with Gasteiger partial charge in [0.25, 0.3) is 5.22 Å². The van der Waals surface area contributed by atoms with Crippen LogP contribution in [0.15, 0.2) is 58.3 Å². The van der Waals surface area contributed by atoms with Gasteiger partial charge in [-0.1, -0.05) is 47.6 Å². The molecule has 2 aromatic heterocycles. The third kappa shape index (κ3) is 7.05. The molecule has 0 aliphatic rings. The Hall–Kier alpha value is -3.50. The highest BCUT2D eigenvalue weighted by molar-refractivity contribution is 7.99. The molecule has 1 atom stereocenters. The number of ether oxygens (including phenoxy) is 1. The average Bonchev–Trinajstić information content (AvgIpc) is 3.47. The van der Waals surface area contributed by atoms with Crippen molar-refractivity contribution in [3.63, 3.8) is 0 Å². The summed E-state index contributed by atoms with van der Waals surface area (Å²) in [6.45, 7) is 7.21. The van der Waals surface area contributed by atoms with E-state index < -0.39 is 17.7 Å².